The van der Waals surface area contributed by atoms with Crippen molar-refractivity contribution >= 4 is 11.6 Å². The van der Waals surface area contributed by atoms with E-state index in [2.05, 4.69) is 18.2 Å². The maximum Gasteiger partial charge on any atom is 0.236 e. The van der Waals surface area contributed by atoms with Gasteiger partial charge in [-0.05, 0) is 56.8 Å². The average Bonchev–Trinajstić information content (AvgIpc) is 2.52. The number of carbonyl (C=O) groups excluding carboxylic acids is 1. The largest absolute Gasteiger partial charge is 0.330 e. The first kappa shape index (κ1) is 13.1. The van der Waals surface area contributed by atoms with Crippen LogP contribution in [0.15, 0.2) is 18.2 Å². The van der Waals surface area contributed by atoms with Crippen molar-refractivity contribution in [1.82, 2.24) is 0 Å². The second-order valence-electron chi connectivity index (χ2n) is 5.59. The van der Waals surface area contributed by atoms with Crippen molar-refractivity contribution in [3.05, 3.63) is 29.3 Å². The smallest absolute Gasteiger partial charge is 0.236 e. The van der Waals surface area contributed by atoms with E-state index in [1.54, 1.807) is 4.90 Å². The van der Waals surface area contributed by atoms with Crippen LogP contribution in [0.5, 0.6) is 0 Å². The Kier molecular flexibility index (Phi) is 3.44. The number of benzene rings is 1. The predicted molar refractivity (Wildman–Crippen MR) is 74.9 cm³/mol. The molecule has 0 spiro atoms. The van der Waals surface area contributed by atoms with Crippen LogP contribution < -0.4 is 10.6 Å². The lowest BCUT2D eigenvalue weighted by Gasteiger charge is -2.16. The summed E-state index contributed by atoms with van der Waals surface area (Å²) in [6, 6.07) is 6.38. The highest BCUT2D eigenvalue weighted by Crippen LogP contribution is 2.41. The van der Waals surface area contributed by atoms with Crippen molar-refractivity contribution in [2.75, 3.05) is 18.5 Å². The lowest BCUT2D eigenvalue weighted by atomic mass is 9.85. The average molecular weight is 246 g/mol. The number of amides is 1. The summed E-state index contributed by atoms with van der Waals surface area (Å²) in [5, 5.41) is 0. The highest BCUT2D eigenvalue weighted by molar-refractivity contribution is 6.07. The summed E-state index contributed by atoms with van der Waals surface area (Å²) < 4.78 is 0. The molecule has 0 aromatic heterocycles. The summed E-state index contributed by atoms with van der Waals surface area (Å²) in [5.74, 6) is 0.177. The number of hydrogen-bond acceptors (Lipinski definition) is 2. The molecule has 1 heterocycles. The lowest BCUT2D eigenvalue weighted by molar-refractivity contribution is -0.121. The molecule has 0 bridgehead atoms. The van der Waals surface area contributed by atoms with Crippen molar-refractivity contribution in [2.45, 2.75) is 38.5 Å². The van der Waals surface area contributed by atoms with Crippen LogP contribution >= 0.6 is 0 Å². The van der Waals surface area contributed by atoms with E-state index in [-0.39, 0.29) is 5.91 Å². The minimum Gasteiger partial charge on any atom is -0.330 e. The first-order valence-corrected chi connectivity index (χ1v) is 6.60. The van der Waals surface area contributed by atoms with Gasteiger partial charge in [0.2, 0.25) is 5.91 Å². The van der Waals surface area contributed by atoms with E-state index in [0.29, 0.717) is 0 Å². The fourth-order valence-corrected chi connectivity index (χ4v) is 2.65. The molecule has 2 N–H and O–H groups in total. The van der Waals surface area contributed by atoms with Crippen LogP contribution in [0, 0.1) is 0 Å². The highest BCUT2D eigenvalue weighted by Gasteiger charge is 2.41. The molecule has 3 nitrogen and oxygen atoms in total. The second kappa shape index (κ2) is 4.73. The number of likely N-dealkylation sites (N-methyl/N-ethyl adjacent to an activating group) is 1. The summed E-state index contributed by atoms with van der Waals surface area (Å²) >= 11 is 0. The molecule has 1 aliphatic rings. The molecule has 1 amide bonds. The first-order valence-electron chi connectivity index (χ1n) is 6.60. The maximum absolute atomic E-state index is 12.2. The van der Waals surface area contributed by atoms with Gasteiger partial charge in [0.1, 0.15) is 0 Å². The Morgan fingerprint density at radius 3 is 2.67 bits per heavy atom. The zero-order chi connectivity index (χ0) is 13.3. The van der Waals surface area contributed by atoms with E-state index in [9.17, 15) is 4.79 Å². The van der Waals surface area contributed by atoms with Gasteiger partial charge in [0.25, 0.3) is 0 Å². The van der Waals surface area contributed by atoms with Gasteiger partial charge in [-0.1, -0.05) is 12.1 Å². The first-order chi connectivity index (χ1) is 8.48. The van der Waals surface area contributed by atoms with Gasteiger partial charge < -0.3 is 10.6 Å². The van der Waals surface area contributed by atoms with E-state index in [4.69, 9.17) is 5.73 Å². The SMILES string of the molecule is CN1C(=O)C(C)(C)c2cc(CCCCN)ccc21. The third kappa shape index (κ3) is 2.03. The number of rotatable bonds is 4. The van der Waals surface area contributed by atoms with Crippen LogP contribution in [-0.4, -0.2) is 19.5 Å². The van der Waals surface area contributed by atoms with E-state index < -0.39 is 5.41 Å². The summed E-state index contributed by atoms with van der Waals surface area (Å²) in [6.07, 6.45) is 3.21. The Labute approximate surface area is 109 Å². The van der Waals surface area contributed by atoms with E-state index in [1.807, 2.05) is 20.9 Å². The van der Waals surface area contributed by atoms with Gasteiger partial charge in [-0.25, -0.2) is 0 Å². The van der Waals surface area contributed by atoms with Crippen molar-refractivity contribution in [3.8, 4) is 0 Å². The molecule has 18 heavy (non-hydrogen) atoms. The lowest BCUT2D eigenvalue weighted by Crippen LogP contribution is -2.33. The maximum atomic E-state index is 12.2. The molecular weight excluding hydrogens is 224 g/mol. The molecule has 3 heteroatoms. The molecule has 0 aliphatic carbocycles. The number of carbonyl (C=O) groups is 1. The minimum absolute atomic E-state index is 0.177. The van der Waals surface area contributed by atoms with E-state index >= 15 is 0 Å². The third-order valence-corrected chi connectivity index (χ3v) is 3.85. The molecule has 1 aromatic carbocycles. The van der Waals surface area contributed by atoms with Crippen LogP contribution in [0.2, 0.25) is 0 Å². The van der Waals surface area contributed by atoms with Gasteiger partial charge in [-0.2, -0.15) is 0 Å². The molecule has 0 atom stereocenters. The fourth-order valence-electron chi connectivity index (χ4n) is 2.65. The zero-order valence-electron chi connectivity index (χ0n) is 11.5. The Balaban J connectivity index is 2.27. The minimum atomic E-state index is -0.395. The Morgan fingerprint density at radius 1 is 1.28 bits per heavy atom. The summed E-state index contributed by atoms with van der Waals surface area (Å²) in [7, 11) is 1.85. The van der Waals surface area contributed by atoms with Crippen LogP contribution in [0.4, 0.5) is 5.69 Å². The second-order valence-corrected chi connectivity index (χ2v) is 5.59. The monoisotopic (exact) mass is 246 g/mol. The normalized spacial score (nSPS) is 17.1. The van der Waals surface area contributed by atoms with E-state index in [1.165, 1.54) is 5.56 Å². The van der Waals surface area contributed by atoms with Gasteiger partial charge in [-0.15, -0.1) is 0 Å². The summed E-state index contributed by atoms with van der Waals surface area (Å²) in [5.41, 5.74) is 8.62. The molecule has 0 unspecified atom stereocenters. The Bertz CT molecular complexity index is 466. The quantitative estimate of drug-likeness (QED) is 0.828. The molecule has 1 aliphatic heterocycles. The Hall–Kier alpha value is -1.35. The van der Waals surface area contributed by atoms with Gasteiger partial charge in [-0.3, -0.25) is 4.79 Å². The zero-order valence-corrected chi connectivity index (χ0v) is 11.5. The van der Waals surface area contributed by atoms with Crippen LogP contribution in [-0.2, 0) is 16.6 Å². The highest BCUT2D eigenvalue weighted by atomic mass is 16.2. The summed E-state index contributed by atoms with van der Waals surface area (Å²) in [4.78, 5) is 13.9. The Morgan fingerprint density at radius 2 is 2.00 bits per heavy atom. The van der Waals surface area contributed by atoms with Gasteiger partial charge in [0.05, 0.1) is 5.41 Å². The number of anilines is 1. The fraction of sp³-hybridized carbons (Fsp3) is 0.533. The predicted octanol–water partition coefficient (Wildman–Crippen LogP) is 2.22. The summed E-state index contributed by atoms with van der Waals surface area (Å²) in [6.45, 7) is 4.75. The standard InChI is InChI=1S/C15H22N2O/c1-15(2)12-10-11(6-4-5-9-16)7-8-13(12)17(3)14(15)18/h7-8,10H,4-6,9,16H2,1-3H3. The van der Waals surface area contributed by atoms with Crippen LogP contribution in [0.25, 0.3) is 0 Å². The molecule has 0 fully saturated rings. The van der Waals surface area contributed by atoms with E-state index in [0.717, 1.165) is 37.1 Å². The molecule has 0 saturated heterocycles. The van der Waals surface area contributed by atoms with Crippen molar-refractivity contribution < 1.29 is 4.79 Å². The number of nitrogens with zero attached hydrogens (tertiary/aromatic N) is 1. The molecule has 98 valence electrons. The molecule has 2 rings (SSSR count). The van der Waals surface area contributed by atoms with Crippen molar-refractivity contribution in [3.63, 3.8) is 0 Å². The number of nitrogens with two attached hydrogens (primary N) is 1. The topological polar surface area (TPSA) is 46.3 Å². The number of hydrogen-bond donors (Lipinski definition) is 1. The number of aryl methyl sites for hydroxylation is 1. The van der Waals surface area contributed by atoms with Gasteiger partial charge >= 0.3 is 0 Å². The van der Waals surface area contributed by atoms with Crippen LogP contribution in [0.3, 0.4) is 0 Å². The van der Waals surface area contributed by atoms with Gasteiger partial charge in [0, 0.05) is 12.7 Å². The third-order valence-electron chi connectivity index (χ3n) is 3.85. The molecular formula is C15H22N2O. The van der Waals surface area contributed by atoms with Crippen molar-refractivity contribution in [2.24, 2.45) is 5.73 Å². The molecule has 1 aromatic rings. The van der Waals surface area contributed by atoms with Crippen LogP contribution in [0.1, 0.15) is 37.8 Å². The molecule has 0 radical (unpaired) electrons. The number of fused-ring (bicyclic) bond motifs is 1. The molecule has 0 saturated carbocycles. The number of unbranched alkanes of at least 4 members (excludes halogenated alkanes) is 1. The van der Waals surface area contributed by atoms with Crippen molar-refractivity contribution in [1.29, 1.82) is 0 Å². The van der Waals surface area contributed by atoms with Gasteiger partial charge in [0.15, 0.2) is 0 Å².